The number of allylic oxidation sites excluding steroid dienone is 2. The first-order valence-electron chi connectivity index (χ1n) is 7.45. The van der Waals surface area contributed by atoms with Crippen molar-refractivity contribution in [3.05, 3.63) is 12.2 Å². The van der Waals surface area contributed by atoms with Crippen LogP contribution in [0.1, 0.15) is 39.0 Å². The standard InChI is InChI=1S/C15H24N2O2/c1-2-16-14(18)12-8-4-5-9-13(12)15(19)17-10-6-3-7-11-17/h4-5,12-13H,2-3,6-11H2,1H3,(H,16,18). The number of amides is 2. The minimum atomic E-state index is -0.181. The van der Waals surface area contributed by atoms with Crippen LogP contribution in [0.25, 0.3) is 0 Å². The van der Waals surface area contributed by atoms with Crippen molar-refractivity contribution in [2.45, 2.75) is 39.0 Å². The van der Waals surface area contributed by atoms with Crippen molar-refractivity contribution < 1.29 is 9.59 Å². The summed E-state index contributed by atoms with van der Waals surface area (Å²) in [5.74, 6) is -0.128. The summed E-state index contributed by atoms with van der Waals surface area (Å²) in [5.41, 5.74) is 0. The van der Waals surface area contributed by atoms with Crippen LogP contribution in [0.3, 0.4) is 0 Å². The minimum absolute atomic E-state index is 0.0298. The fourth-order valence-corrected chi connectivity index (χ4v) is 3.03. The summed E-state index contributed by atoms with van der Waals surface area (Å²) in [5, 5.41) is 2.86. The Morgan fingerprint density at radius 1 is 1.11 bits per heavy atom. The molecule has 1 saturated heterocycles. The van der Waals surface area contributed by atoms with Crippen LogP contribution in [0.2, 0.25) is 0 Å². The zero-order valence-corrected chi connectivity index (χ0v) is 11.7. The molecular weight excluding hydrogens is 240 g/mol. The van der Waals surface area contributed by atoms with Gasteiger partial charge >= 0.3 is 0 Å². The molecule has 0 bridgehead atoms. The summed E-state index contributed by atoms with van der Waals surface area (Å²) < 4.78 is 0. The van der Waals surface area contributed by atoms with Gasteiger partial charge in [0.1, 0.15) is 0 Å². The number of likely N-dealkylation sites (tertiary alicyclic amines) is 1. The van der Waals surface area contributed by atoms with Crippen LogP contribution >= 0.6 is 0 Å². The average molecular weight is 264 g/mol. The molecule has 1 aliphatic heterocycles. The van der Waals surface area contributed by atoms with E-state index in [9.17, 15) is 9.59 Å². The van der Waals surface area contributed by atoms with E-state index in [0.717, 1.165) is 25.9 Å². The number of nitrogens with one attached hydrogen (secondary N) is 1. The first-order chi connectivity index (χ1) is 9.24. The Labute approximate surface area is 115 Å². The van der Waals surface area contributed by atoms with E-state index in [4.69, 9.17) is 0 Å². The third-order valence-electron chi connectivity index (χ3n) is 4.11. The molecular formula is C15H24N2O2. The highest BCUT2D eigenvalue weighted by Crippen LogP contribution is 2.28. The van der Waals surface area contributed by atoms with Gasteiger partial charge < -0.3 is 10.2 Å². The van der Waals surface area contributed by atoms with Gasteiger partial charge in [0, 0.05) is 19.6 Å². The monoisotopic (exact) mass is 264 g/mol. The van der Waals surface area contributed by atoms with Crippen LogP contribution < -0.4 is 5.32 Å². The molecule has 2 aliphatic rings. The molecule has 4 nitrogen and oxygen atoms in total. The molecule has 106 valence electrons. The highest BCUT2D eigenvalue weighted by atomic mass is 16.2. The summed E-state index contributed by atoms with van der Waals surface area (Å²) in [7, 11) is 0. The van der Waals surface area contributed by atoms with Crippen LogP contribution in [-0.2, 0) is 9.59 Å². The minimum Gasteiger partial charge on any atom is -0.356 e. The van der Waals surface area contributed by atoms with E-state index in [1.807, 2.05) is 24.0 Å². The second kappa shape index (κ2) is 6.73. The average Bonchev–Trinajstić information content (AvgIpc) is 2.47. The first kappa shape index (κ1) is 14.1. The topological polar surface area (TPSA) is 49.4 Å². The molecule has 4 heteroatoms. The van der Waals surface area contributed by atoms with Crippen LogP contribution in [0.15, 0.2) is 12.2 Å². The summed E-state index contributed by atoms with van der Waals surface area (Å²) >= 11 is 0. The lowest BCUT2D eigenvalue weighted by Crippen LogP contribution is -2.46. The number of hydrogen-bond donors (Lipinski definition) is 1. The first-order valence-corrected chi connectivity index (χ1v) is 7.45. The number of hydrogen-bond acceptors (Lipinski definition) is 2. The summed E-state index contributed by atoms with van der Waals surface area (Å²) in [6.45, 7) is 4.27. The number of carbonyl (C=O) groups is 2. The Hall–Kier alpha value is -1.32. The zero-order chi connectivity index (χ0) is 13.7. The molecule has 19 heavy (non-hydrogen) atoms. The quantitative estimate of drug-likeness (QED) is 0.789. The second-order valence-corrected chi connectivity index (χ2v) is 5.44. The Kier molecular flexibility index (Phi) is 5.00. The molecule has 0 aromatic heterocycles. The highest BCUT2D eigenvalue weighted by molar-refractivity contribution is 5.88. The predicted octanol–water partition coefficient (Wildman–Crippen LogP) is 1.72. The molecule has 1 aliphatic carbocycles. The maximum Gasteiger partial charge on any atom is 0.226 e. The SMILES string of the molecule is CCNC(=O)C1CC=CCC1C(=O)N1CCCCC1. The predicted molar refractivity (Wildman–Crippen MR) is 74.5 cm³/mol. The maximum atomic E-state index is 12.6. The zero-order valence-electron chi connectivity index (χ0n) is 11.7. The van der Waals surface area contributed by atoms with Gasteiger partial charge in [0.15, 0.2) is 0 Å². The van der Waals surface area contributed by atoms with Gasteiger partial charge in [0.2, 0.25) is 11.8 Å². The third kappa shape index (κ3) is 3.37. The molecule has 1 N–H and O–H groups in total. The molecule has 0 aromatic rings. The van der Waals surface area contributed by atoms with Crippen molar-refractivity contribution in [3.63, 3.8) is 0 Å². The molecule has 2 atom stereocenters. The van der Waals surface area contributed by atoms with Gasteiger partial charge in [-0.25, -0.2) is 0 Å². The van der Waals surface area contributed by atoms with Crippen molar-refractivity contribution >= 4 is 11.8 Å². The van der Waals surface area contributed by atoms with Crippen molar-refractivity contribution in [2.24, 2.45) is 11.8 Å². The summed E-state index contributed by atoms with van der Waals surface area (Å²) in [4.78, 5) is 26.6. The number of nitrogens with zero attached hydrogens (tertiary/aromatic N) is 1. The van der Waals surface area contributed by atoms with E-state index >= 15 is 0 Å². The molecule has 1 fully saturated rings. The van der Waals surface area contributed by atoms with Crippen LogP contribution in [-0.4, -0.2) is 36.3 Å². The van der Waals surface area contributed by atoms with Gasteiger partial charge in [-0.05, 0) is 39.0 Å². The molecule has 0 radical (unpaired) electrons. The van der Waals surface area contributed by atoms with E-state index < -0.39 is 0 Å². The second-order valence-electron chi connectivity index (χ2n) is 5.44. The molecule has 0 aromatic carbocycles. The van der Waals surface area contributed by atoms with Crippen LogP contribution in [0, 0.1) is 11.8 Å². The number of piperidine rings is 1. The molecule has 0 spiro atoms. The Morgan fingerprint density at radius 2 is 1.74 bits per heavy atom. The van der Waals surface area contributed by atoms with E-state index in [2.05, 4.69) is 5.32 Å². The van der Waals surface area contributed by atoms with Gasteiger partial charge in [0.25, 0.3) is 0 Å². The van der Waals surface area contributed by atoms with Crippen molar-refractivity contribution in [2.75, 3.05) is 19.6 Å². The fraction of sp³-hybridized carbons (Fsp3) is 0.733. The van der Waals surface area contributed by atoms with Gasteiger partial charge in [-0.3, -0.25) is 9.59 Å². The smallest absolute Gasteiger partial charge is 0.226 e. The highest BCUT2D eigenvalue weighted by Gasteiger charge is 2.36. The van der Waals surface area contributed by atoms with E-state index in [0.29, 0.717) is 19.4 Å². The van der Waals surface area contributed by atoms with E-state index in [1.165, 1.54) is 6.42 Å². The van der Waals surface area contributed by atoms with Crippen molar-refractivity contribution in [1.29, 1.82) is 0 Å². The molecule has 2 rings (SSSR count). The Morgan fingerprint density at radius 3 is 2.37 bits per heavy atom. The molecule has 2 amide bonds. The maximum absolute atomic E-state index is 12.6. The fourth-order valence-electron chi connectivity index (χ4n) is 3.03. The lowest BCUT2D eigenvalue weighted by atomic mass is 9.81. The molecule has 2 unspecified atom stereocenters. The van der Waals surface area contributed by atoms with E-state index in [1.54, 1.807) is 0 Å². The molecule has 0 saturated carbocycles. The number of rotatable bonds is 3. The Balaban J connectivity index is 2.04. The molecule has 1 heterocycles. The van der Waals surface area contributed by atoms with E-state index in [-0.39, 0.29) is 23.7 Å². The lowest BCUT2D eigenvalue weighted by molar-refractivity contribution is -0.142. The van der Waals surface area contributed by atoms with Crippen LogP contribution in [0.5, 0.6) is 0 Å². The van der Waals surface area contributed by atoms with Gasteiger partial charge in [-0.2, -0.15) is 0 Å². The van der Waals surface area contributed by atoms with Gasteiger partial charge in [-0.1, -0.05) is 12.2 Å². The van der Waals surface area contributed by atoms with Crippen molar-refractivity contribution in [1.82, 2.24) is 10.2 Å². The Bertz CT molecular complexity index is 359. The van der Waals surface area contributed by atoms with Crippen molar-refractivity contribution in [3.8, 4) is 0 Å². The van der Waals surface area contributed by atoms with Gasteiger partial charge in [0.05, 0.1) is 11.8 Å². The number of carbonyl (C=O) groups excluding carboxylic acids is 2. The lowest BCUT2D eigenvalue weighted by Gasteiger charge is -2.34. The van der Waals surface area contributed by atoms with Crippen LogP contribution in [0.4, 0.5) is 0 Å². The third-order valence-corrected chi connectivity index (χ3v) is 4.11. The largest absolute Gasteiger partial charge is 0.356 e. The van der Waals surface area contributed by atoms with Gasteiger partial charge in [-0.15, -0.1) is 0 Å². The summed E-state index contributed by atoms with van der Waals surface area (Å²) in [6.07, 6.45) is 8.88. The normalized spacial score (nSPS) is 27.1. The summed E-state index contributed by atoms with van der Waals surface area (Å²) in [6, 6.07) is 0.